The fourth-order valence-electron chi connectivity index (χ4n) is 1.73. The molecule has 1 atom stereocenters. The fourth-order valence-corrected chi connectivity index (χ4v) is 1.73. The van der Waals surface area contributed by atoms with Gasteiger partial charge in [0.15, 0.2) is 0 Å². The molecule has 0 rings (SSSR count). The molecule has 0 aliphatic carbocycles. The topological polar surface area (TPSA) is 53.0 Å². The zero-order chi connectivity index (χ0) is 14.0. The van der Waals surface area contributed by atoms with Gasteiger partial charge < -0.3 is 14.7 Å². The van der Waals surface area contributed by atoms with E-state index in [1.165, 1.54) is 0 Å². The minimum atomic E-state index is -0.641. The Bertz CT molecular complexity index is 222. The highest BCUT2D eigenvalue weighted by Gasteiger charge is 2.15. The van der Waals surface area contributed by atoms with Crippen LogP contribution in [0.3, 0.4) is 0 Å². The average Bonchev–Trinajstić information content (AvgIpc) is 2.26. The number of nitrogens with zero attached hydrogens (tertiary/aromatic N) is 2. The van der Waals surface area contributed by atoms with Crippen molar-refractivity contribution in [3.63, 3.8) is 0 Å². The second kappa shape index (κ2) is 10.3. The second-order valence-corrected chi connectivity index (χ2v) is 4.77. The van der Waals surface area contributed by atoms with Gasteiger partial charge in [-0.3, -0.25) is 9.69 Å². The third kappa shape index (κ3) is 9.39. The molecular formula is C13H28N2O3. The largest absolute Gasteiger partial charge is 0.466 e. The van der Waals surface area contributed by atoms with Gasteiger partial charge in [-0.2, -0.15) is 0 Å². The number of carbonyl (C=O) groups is 1. The molecule has 0 aromatic carbocycles. The molecule has 5 heteroatoms. The first-order chi connectivity index (χ1) is 8.49. The number of hydrogen-bond donors (Lipinski definition) is 1. The van der Waals surface area contributed by atoms with Crippen LogP contribution in [0.1, 0.15) is 26.7 Å². The normalized spacial score (nSPS) is 13.1. The summed E-state index contributed by atoms with van der Waals surface area (Å²) in [6.07, 6.45) is 0.480. The standard InChI is InChI=1S/C13H28N2O3/c1-5-7-15(9-8-14(3)4)11-12(16)10-13(17)18-6-2/h12,16H,5-11H2,1-4H3. The smallest absolute Gasteiger partial charge is 0.308 e. The maximum Gasteiger partial charge on any atom is 0.308 e. The lowest BCUT2D eigenvalue weighted by atomic mass is 10.2. The minimum Gasteiger partial charge on any atom is -0.466 e. The Balaban J connectivity index is 4.01. The molecule has 0 saturated carbocycles. The Labute approximate surface area is 111 Å². The second-order valence-electron chi connectivity index (χ2n) is 4.77. The van der Waals surface area contributed by atoms with Crippen molar-refractivity contribution in [2.45, 2.75) is 32.8 Å². The maximum absolute atomic E-state index is 11.2. The number of esters is 1. The van der Waals surface area contributed by atoms with Gasteiger partial charge in [-0.25, -0.2) is 0 Å². The molecule has 0 spiro atoms. The summed E-state index contributed by atoms with van der Waals surface area (Å²) in [7, 11) is 4.05. The van der Waals surface area contributed by atoms with Crippen LogP contribution in [-0.2, 0) is 9.53 Å². The molecule has 0 amide bonds. The Morgan fingerprint density at radius 1 is 1.22 bits per heavy atom. The summed E-state index contributed by atoms with van der Waals surface area (Å²) in [5.41, 5.74) is 0. The lowest BCUT2D eigenvalue weighted by molar-refractivity contribution is -0.145. The zero-order valence-electron chi connectivity index (χ0n) is 12.2. The van der Waals surface area contributed by atoms with Gasteiger partial charge in [-0.1, -0.05) is 6.92 Å². The van der Waals surface area contributed by atoms with Gasteiger partial charge in [-0.15, -0.1) is 0 Å². The van der Waals surface area contributed by atoms with Crippen LogP contribution in [0.25, 0.3) is 0 Å². The van der Waals surface area contributed by atoms with E-state index in [2.05, 4.69) is 16.7 Å². The third-order valence-corrected chi connectivity index (χ3v) is 2.58. The first kappa shape index (κ1) is 17.4. The number of hydrogen-bond acceptors (Lipinski definition) is 5. The van der Waals surface area contributed by atoms with Crippen LogP contribution in [0, 0.1) is 0 Å². The molecule has 0 radical (unpaired) electrons. The molecule has 0 bridgehead atoms. The molecule has 0 saturated heterocycles. The highest BCUT2D eigenvalue weighted by atomic mass is 16.5. The summed E-state index contributed by atoms with van der Waals surface area (Å²) in [5.74, 6) is -0.325. The van der Waals surface area contributed by atoms with Crippen molar-refractivity contribution in [1.82, 2.24) is 9.80 Å². The Morgan fingerprint density at radius 3 is 2.39 bits per heavy atom. The number of rotatable bonds is 10. The lowest BCUT2D eigenvalue weighted by Gasteiger charge is -2.25. The number of aliphatic hydroxyl groups is 1. The SMILES string of the molecule is CCCN(CCN(C)C)CC(O)CC(=O)OCC. The Kier molecular flexibility index (Phi) is 9.92. The van der Waals surface area contributed by atoms with Crippen LogP contribution in [-0.4, -0.2) is 73.9 Å². The Morgan fingerprint density at radius 2 is 1.89 bits per heavy atom. The van der Waals surface area contributed by atoms with Crippen LogP contribution in [0.2, 0.25) is 0 Å². The molecule has 0 heterocycles. The summed E-state index contributed by atoms with van der Waals surface area (Å²) >= 11 is 0. The molecule has 0 aliphatic heterocycles. The van der Waals surface area contributed by atoms with Gasteiger partial charge in [0, 0.05) is 19.6 Å². The zero-order valence-corrected chi connectivity index (χ0v) is 12.2. The third-order valence-electron chi connectivity index (χ3n) is 2.58. The van der Waals surface area contributed by atoms with E-state index in [0.29, 0.717) is 13.2 Å². The van der Waals surface area contributed by atoms with Crippen molar-refractivity contribution in [2.75, 3.05) is 46.9 Å². The van der Waals surface area contributed by atoms with Crippen LogP contribution >= 0.6 is 0 Å². The van der Waals surface area contributed by atoms with Gasteiger partial charge in [-0.05, 0) is 34.0 Å². The van der Waals surface area contributed by atoms with Gasteiger partial charge in [0.1, 0.15) is 0 Å². The highest BCUT2D eigenvalue weighted by molar-refractivity contribution is 5.69. The van der Waals surface area contributed by atoms with Gasteiger partial charge in [0.05, 0.1) is 19.1 Å². The minimum absolute atomic E-state index is 0.0794. The summed E-state index contributed by atoms with van der Waals surface area (Å²) in [4.78, 5) is 15.5. The van der Waals surface area contributed by atoms with Crippen molar-refractivity contribution in [3.8, 4) is 0 Å². The molecule has 0 aliphatic rings. The van der Waals surface area contributed by atoms with Crippen molar-refractivity contribution >= 4 is 5.97 Å². The first-order valence-electron chi connectivity index (χ1n) is 6.70. The van der Waals surface area contributed by atoms with Crippen molar-refractivity contribution in [1.29, 1.82) is 0 Å². The number of aliphatic hydroxyl groups excluding tert-OH is 1. The van der Waals surface area contributed by atoms with E-state index >= 15 is 0 Å². The molecule has 0 aromatic rings. The maximum atomic E-state index is 11.2. The number of ether oxygens (including phenoxy) is 1. The number of carbonyl (C=O) groups excluding carboxylic acids is 1. The lowest BCUT2D eigenvalue weighted by Crippen LogP contribution is -2.38. The van der Waals surface area contributed by atoms with Gasteiger partial charge >= 0.3 is 5.97 Å². The monoisotopic (exact) mass is 260 g/mol. The van der Waals surface area contributed by atoms with E-state index in [4.69, 9.17) is 4.74 Å². The van der Waals surface area contributed by atoms with E-state index < -0.39 is 6.10 Å². The summed E-state index contributed by atoms with van der Waals surface area (Å²) in [6, 6.07) is 0. The van der Waals surface area contributed by atoms with E-state index in [0.717, 1.165) is 26.1 Å². The average molecular weight is 260 g/mol. The number of likely N-dealkylation sites (N-methyl/N-ethyl adjacent to an activating group) is 1. The summed E-state index contributed by atoms with van der Waals surface area (Å²) < 4.78 is 4.83. The molecule has 18 heavy (non-hydrogen) atoms. The van der Waals surface area contributed by atoms with Crippen molar-refractivity contribution in [3.05, 3.63) is 0 Å². The molecule has 5 nitrogen and oxygen atoms in total. The van der Waals surface area contributed by atoms with Gasteiger partial charge in [0.25, 0.3) is 0 Å². The Hall–Kier alpha value is -0.650. The highest BCUT2D eigenvalue weighted by Crippen LogP contribution is 2.01. The fraction of sp³-hybridized carbons (Fsp3) is 0.923. The van der Waals surface area contributed by atoms with Crippen LogP contribution < -0.4 is 0 Å². The van der Waals surface area contributed by atoms with Crippen molar-refractivity contribution in [2.24, 2.45) is 0 Å². The summed E-state index contributed by atoms with van der Waals surface area (Å²) in [5, 5.41) is 9.85. The van der Waals surface area contributed by atoms with Gasteiger partial charge in [0.2, 0.25) is 0 Å². The van der Waals surface area contributed by atoms with E-state index in [9.17, 15) is 9.90 Å². The van der Waals surface area contributed by atoms with Crippen LogP contribution in [0.5, 0.6) is 0 Å². The van der Waals surface area contributed by atoms with Crippen LogP contribution in [0.15, 0.2) is 0 Å². The quantitative estimate of drug-likeness (QED) is 0.582. The van der Waals surface area contributed by atoms with E-state index in [1.807, 2.05) is 14.1 Å². The van der Waals surface area contributed by atoms with Crippen molar-refractivity contribution < 1.29 is 14.6 Å². The predicted octanol–water partition coefficient (Wildman–Crippen LogP) is 0.574. The molecule has 0 aromatic heterocycles. The van der Waals surface area contributed by atoms with E-state index in [1.54, 1.807) is 6.92 Å². The molecule has 1 N–H and O–H groups in total. The predicted molar refractivity (Wildman–Crippen MR) is 72.5 cm³/mol. The molecule has 0 fully saturated rings. The molecule has 1 unspecified atom stereocenters. The molecule has 108 valence electrons. The molecular weight excluding hydrogens is 232 g/mol. The summed E-state index contributed by atoms with van der Waals surface area (Å²) in [6.45, 7) is 7.57. The first-order valence-corrected chi connectivity index (χ1v) is 6.70. The van der Waals surface area contributed by atoms with Crippen LogP contribution in [0.4, 0.5) is 0 Å². The van der Waals surface area contributed by atoms with E-state index in [-0.39, 0.29) is 12.4 Å².